The summed E-state index contributed by atoms with van der Waals surface area (Å²) < 4.78 is 29.9. The third-order valence-electron chi connectivity index (χ3n) is 9.97. The number of rotatable bonds is 8. The second kappa shape index (κ2) is 10.9. The Kier molecular flexibility index (Phi) is 9.18. The Morgan fingerprint density at radius 3 is 1.85 bits per heavy atom. The molecule has 0 bridgehead atoms. The quantitative estimate of drug-likeness (QED) is 0.279. The van der Waals surface area contributed by atoms with Crippen molar-refractivity contribution in [1.29, 1.82) is 0 Å². The number of imidazole rings is 1. The van der Waals surface area contributed by atoms with Crippen molar-refractivity contribution < 1.29 is 22.8 Å². The van der Waals surface area contributed by atoms with E-state index < -0.39 is 37.3 Å². The molecular weight excluding hydrogens is 555 g/mol. The van der Waals surface area contributed by atoms with Gasteiger partial charge in [-0.05, 0) is 54.4 Å². The molecule has 0 N–H and O–H groups in total. The molecule has 1 aromatic heterocycles. The molecule has 0 unspecified atom stereocenters. The fraction of sp³-hybridized carbons (Fsp3) is 0.828. The van der Waals surface area contributed by atoms with E-state index in [4.69, 9.17) is 18.0 Å². The van der Waals surface area contributed by atoms with Gasteiger partial charge in [0, 0.05) is 12.6 Å². The van der Waals surface area contributed by atoms with Crippen LogP contribution in [0.1, 0.15) is 85.5 Å². The number of ether oxygens (including phenoxy) is 1. The maximum Gasteiger partial charge on any atom is 0.192 e. The van der Waals surface area contributed by atoms with Crippen LogP contribution in [0, 0.1) is 0 Å². The van der Waals surface area contributed by atoms with Crippen LogP contribution in [0.25, 0.3) is 0 Å². The van der Waals surface area contributed by atoms with E-state index in [0.29, 0.717) is 18.1 Å². The average molecular weight is 610 g/mol. The van der Waals surface area contributed by atoms with Crippen LogP contribution in [-0.4, -0.2) is 71.4 Å². The van der Waals surface area contributed by atoms with Crippen LogP contribution in [0.15, 0.2) is 11.3 Å². The van der Waals surface area contributed by atoms with Gasteiger partial charge in [0.2, 0.25) is 0 Å². The molecule has 1 fully saturated rings. The summed E-state index contributed by atoms with van der Waals surface area (Å²) >= 11 is 0. The predicted molar refractivity (Wildman–Crippen MR) is 171 cm³/mol. The van der Waals surface area contributed by atoms with Gasteiger partial charge in [-0.25, -0.2) is 9.98 Å². The van der Waals surface area contributed by atoms with Crippen LogP contribution in [0.4, 0.5) is 5.82 Å². The first-order chi connectivity index (χ1) is 17.9. The molecule has 1 saturated heterocycles. The third-order valence-corrected chi connectivity index (χ3v) is 23.4. The Bertz CT molecular complexity index is 1110. The highest BCUT2D eigenvalue weighted by Crippen LogP contribution is 2.47. The molecule has 1 aromatic rings. The normalized spacial score (nSPS) is 25.0. The van der Waals surface area contributed by atoms with Crippen LogP contribution < -0.4 is 0 Å². The van der Waals surface area contributed by atoms with Gasteiger partial charge in [0.1, 0.15) is 18.3 Å². The van der Waals surface area contributed by atoms with E-state index in [-0.39, 0.29) is 39.5 Å². The van der Waals surface area contributed by atoms with Crippen molar-refractivity contribution in [3.63, 3.8) is 0 Å². The second-order valence-corrected chi connectivity index (χ2v) is 30.4. The number of nitrogens with zero attached hydrogens (tertiary/aromatic N) is 3. The minimum atomic E-state index is -2.27. The molecule has 3 rings (SSSR count). The summed E-state index contributed by atoms with van der Waals surface area (Å²) in [6, 6.07) is 0. The summed E-state index contributed by atoms with van der Waals surface area (Å²) in [6.07, 6.45) is 1.96. The SMILES string of the molecule is CC(C)(C)[Si](C)(C)OC[C@H]1O[C@@H](n2cnc3c2N=CCC3=O)[C@H](O[Si](C)(C)C(C)(C)C)[C@@H]1O[Si](C)(C)C(C)(C)C. The molecule has 3 heterocycles. The lowest BCUT2D eigenvalue weighted by Crippen LogP contribution is -2.54. The topological polar surface area (TPSA) is 84.2 Å². The molecule has 0 radical (unpaired) electrons. The van der Waals surface area contributed by atoms with E-state index in [0.717, 1.165) is 0 Å². The maximum absolute atomic E-state index is 12.6. The largest absolute Gasteiger partial charge is 0.414 e. The molecule has 0 aromatic carbocycles. The van der Waals surface area contributed by atoms with E-state index >= 15 is 0 Å². The highest BCUT2D eigenvalue weighted by Gasteiger charge is 2.55. The first-order valence-corrected chi connectivity index (χ1v) is 23.4. The minimum absolute atomic E-state index is 0.00231. The van der Waals surface area contributed by atoms with Gasteiger partial charge in [-0.1, -0.05) is 62.3 Å². The first kappa shape index (κ1) is 33.5. The minimum Gasteiger partial charge on any atom is -0.414 e. The van der Waals surface area contributed by atoms with Crippen LogP contribution in [0.2, 0.25) is 54.4 Å². The molecule has 0 amide bonds. The smallest absolute Gasteiger partial charge is 0.192 e. The van der Waals surface area contributed by atoms with Crippen molar-refractivity contribution in [3.8, 4) is 0 Å². The van der Waals surface area contributed by atoms with Crippen molar-refractivity contribution in [3.05, 3.63) is 12.0 Å². The van der Waals surface area contributed by atoms with Crippen molar-refractivity contribution >= 4 is 42.8 Å². The Labute approximate surface area is 246 Å². The summed E-state index contributed by atoms with van der Waals surface area (Å²) in [5.74, 6) is 0.498. The summed E-state index contributed by atoms with van der Waals surface area (Å²) in [6.45, 7) is 34.3. The van der Waals surface area contributed by atoms with Crippen LogP contribution >= 0.6 is 0 Å². The number of aromatic nitrogens is 2. The lowest BCUT2D eigenvalue weighted by Gasteiger charge is -2.44. The van der Waals surface area contributed by atoms with Crippen molar-refractivity contribution in [2.75, 3.05) is 6.61 Å². The number of carbonyl (C=O) groups is 1. The van der Waals surface area contributed by atoms with E-state index in [1.807, 2.05) is 4.57 Å². The van der Waals surface area contributed by atoms with Gasteiger partial charge in [0.05, 0.1) is 12.9 Å². The van der Waals surface area contributed by atoms with Gasteiger partial charge in [0.15, 0.2) is 48.5 Å². The number of aliphatic imine (C=N–C) groups is 1. The molecule has 228 valence electrons. The zero-order valence-electron chi connectivity index (χ0n) is 27.8. The zero-order valence-corrected chi connectivity index (χ0v) is 30.8. The number of hydrogen-bond acceptors (Lipinski definition) is 7. The number of carbonyl (C=O) groups excluding carboxylic acids is 1. The monoisotopic (exact) mass is 609 g/mol. The highest BCUT2D eigenvalue weighted by atomic mass is 28.4. The van der Waals surface area contributed by atoms with Gasteiger partial charge in [-0.15, -0.1) is 0 Å². The predicted octanol–water partition coefficient (Wildman–Crippen LogP) is 7.87. The summed E-state index contributed by atoms with van der Waals surface area (Å²) in [5.41, 5.74) is 0.389. The Hall–Kier alpha value is -0.959. The number of Topliss-reactive ketones (excluding diaryl/α,β-unsaturated/α-hetero) is 1. The summed E-state index contributed by atoms with van der Waals surface area (Å²) in [4.78, 5) is 21.7. The summed E-state index contributed by atoms with van der Waals surface area (Å²) in [5, 5.41) is 0.0515. The number of ketones is 1. The van der Waals surface area contributed by atoms with Gasteiger partial charge in [0.25, 0.3) is 0 Å². The van der Waals surface area contributed by atoms with Crippen molar-refractivity contribution in [2.24, 2.45) is 4.99 Å². The zero-order chi connectivity index (χ0) is 30.7. The van der Waals surface area contributed by atoms with E-state index in [1.165, 1.54) is 0 Å². The van der Waals surface area contributed by atoms with Crippen LogP contribution in [0.3, 0.4) is 0 Å². The highest BCUT2D eigenvalue weighted by molar-refractivity contribution is 6.75. The fourth-order valence-corrected chi connectivity index (χ4v) is 7.67. The molecule has 0 spiro atoms. The van der Waals surface area contributed by atoms with Crippen LogP contribution in [-0.2, 0) is 18.0 Å². The van der Waals surface area contributed by atoms with Gasteiger partial charge in [-0.2, -0.15) is 0 Å². The van der Waals surface area contributed by atoms with Gasteiger partial charge < -0.3 is 18.0 Å². The van der Waals surface area contributed by atoms with E-state index in [9.17, 15) is 4.79 Å². The molecular formula is C29H55N3O5Si3. The first-order valence-electron chi connectivity index (χ1n) is 14.7. The third kappa shape index (κ3) is 6.65. The lowest BCUT2D eigenvalue weighted by atomic mass is 10.1. The molecule has 11 heteroatoms. The molecule has 0 saturated carbocycles. The Morgan fingerprint density at radius 2 is 1.35 bits per heavy atom. The molecule has 4 atom stereocenters. The van der Waals surface area contributed by atoms with Gasteiger partial charge in [-0.3, -0.25) is 9.36 Å². The second-order valence-electron chi connectivity index (χ2n) is 16.1. The fourth-order valence-electron chi connectivity index (χ4n) is 4.05. The number of hydrogen-bond donors (Lipinski definition) is 0. The van der Waals surface area contributed by atoms with E-state index in [2.05, 4.69) is 112 Å². The maximum atomic E-state index is 12.6. The average Bonchev–Trinajstić information content (AvgIpc) is 3.32. The molecule has 0 aliphatic carbocycles. The number of fused-ring (bicyclic) bond motifs is 1. The van der Waals surface area contributed by atoms with Crippen molar-refractivity contribution in [2.45, 2.75) is 148 Å². The van der Waals surface area contributed by atoms with E-state index in [1.54, 1.807) is 12.5 Å². The molecule has 2 aliphatic rings. The standard InChI is InChI=1S/C29H55N3O5Si3/c1-27(2,3)38(10,11)34-18-21-23(36-39(12,13)28(4,5)6)24(37-40(14,15)29(7,8)9)26(35-21)32-19-31-22-20(33)16-17-30-25(22)32/h17,19,21,23-24,26H,16,18H2,1-15H3/t21-,23-,24-,26-/m1/s1. The summed E-state index contributed by atoms with van der Waals surface area (Å²) in [7, 11) is -6.57. The molecule has 8 nitrogen and oxygen atoms in total. The van der Waals surface area contributed by atoms with Gasteiger partial charge >= 0.3 is 0 Å². The van der Waals surface area contributed by atoms with Crippen molar-refractivity contribution in [1.82, 2.24) is 9.55 Å². The molecule has 40 heavy (non-hydrogen) atoms. The molecule has 2 aliphatic heterocycles. The lowest BCUT2D eigenvalue weighted by molar-refractivity contribution is -0.0479. The Morgan fingerprint density at radius 1 is 0.850 bits per heavy atom. The Balaban J connectivity index is 2.13. The van der Waals surface area contributed by atoms with Crippen LogP contribution in [0.5, 0.6) is 0 Å².